The van der Waals surface area contributed by atoms with Crippen molar-refractivity contribution >= 4 is 39.0 Å². The summed E-state index contributed by atoms with van der Waals surface area (Å²) in [5, 5.41) is 1.17. The highest BCUT2D eigenvalue weighted by Crippen LogP contribution is 2.36. The van der Waals surface area contributed by atoms with Crippen molar-refractivity contribution in [2.45, 2.75) is 33.2 Å². The van der Waals surface area contributed by atoms with Crippen molar-refractivity contribution < 1.29 is 9.53 Å². The Hall–Kier alpha value is -2.71. The molecule has 4 heterocycles. The lowest BCUT2D eigenvalue weighted by Crippen LogP contribution is -2.42. The number of para-hydroxylation sites is 1. The molecule has 7 nitrogen and oxygen atoms in total. The van der Waals surface area contributed by atoms with E-state index < -0.39 is 0 Å². The van der Waals surface area contributed by atoms with E-state index in [1.165, 1.54) is 27.1 Å². The topological polar surface area (TPSA) is 61.8 Å². The monoisotopic (exact) mass is 479 g/mol. The molecule has 0 spiro atoms. The van der Waals surface area contributed by atoms with Crippen molar-refractivity contribution in [2.75, 3.05) is 56.2 Å². The number of nitrogens with zero attached hydrogens (tertiary/aromatic N) is 5. The van der Waals surface area contributed by atoms with E-state index in [4.69, 9.17) is 4.74 Å². The molecule has 0 saturated carbocycles. The predicted molar refractivity (Wildman–Crippen MR) is 138 cm³/mol. The molecule has 5 rings (SSSR count). The second-order valence-electron chi connectivity index (χ2n) is 9.34. The molecular formula is C26H33N5O2S. The predicted octanol–water partition coefficient (Wildman–Crippen LogP) is 4.02. The number of piperidine rings is 1. The van der Waals surface area contributed by atoms with Gasteiger partial charge in [-0.05, 0) is 43.9 Å². The minimum atomic E-state index is 0.0550. The van der Waals surface area contributed by atoms with Gasteiger partial charge in [0.25, 0.3) is 0 Å². The Morgan fingerprint density at radius 3 is 2.59 bits per heavy atom. The van der Waals surface area contributed by atoms with Crippen molar-refractivity contribution in [2.24, 2.45) is 5.92 Å². The molecule has 2 aliphatic rings. The van der Waals surface area contributed by atoms with Crippen LogP contribution in [0.15, 0.2) is 30.6 Å². The fraction of sp³-hybridized carbons (Fsp3) is 0.500. The van der Waals surface area contributed by atoms with E-state index in [-0.39, 0.29) is 11.8 Å². The maximum atomic E-state index is 13.4. The first-order valence-electron chi connectivity index (χ1n) is 12.1. The van der Waals surface area contributed by atoms with Crippen LogP contribution in [0, 0.1) is 19.8 Å². The third kappa shape index (κ3) is 4.49. The number of rotatable bonds is 5. The van der Waals surface area contributed by atoms with Crippen LogP contribution in [-0.2, 0) is 16.1 Å². The average Bonchev–Trinajstić information content (AvgIpc) is 3.18. The summed E-state index contributed by atoms with van der Waals surface area (Å²) in [7, 11) is 1.94. The van der Waals surface area contributed by atoms with Gasteiger partial charge in [-0.25, -0.2) is 9.97 Å². The van der Waals surface area contributed by atoms with Gasteiger partial charge in [-0.15, -0.1) is 11.3 Å². The molecule has 2 aliphatic heterocycles. The minimum absolute atomic E-state index is 0.0550. The van der Waals surface area contributed by atoms with Crippen molar-refractivity contribution in [3.05, 3.63) is 46.6 Å². The highest BCUT2D eigenvalue weighted by Gasteiger charge is 2.29. The fourth-order valence-electron chi connectivity index (χ4n) is 5.14. The summed E-state index contributed by atoms with van der Waals surface area (Å²) in [6, 6.07) is 8.44. The van der Waals surface area contributed by atoms with Gasteiger partial charge in [0.05, 0.1) is 18.6 Å². The molecule has 3 aromatic rings. The summed E-state index contributed by atoms with van der Waals surface area (Å²) in [5.74, 6) is 1.32. The number of hydrogen-bond donors (Lipinski definition) is 0. The summed E-state index contributed by atoms with van der Waals surface area (Å²) < 4.78 is 5.51. The maximum Gasteiger partial charge on any atom is 0.225 e. The highest BCUT2D eigenvalue weighted by atomic mass is 32.1. The third-order valence-corrected chi connectivity index (χ3v) is 8.33. The number of anilines is 2. The first kappa shape index (κ1) is 23.1. The number of benzene rings is 1. The summed E-state index contributed by atoms with van der Waals surface area (Å²) in [6.07, 6.45) is 3.37. The Morgan fingerprint density at radius 2 is 1.82 bits per heavy atom. The lowest BCUT2D eigenvalue weighted by atomic mass is 9.95. The number of hydrogen-bond acceptors (Lipinski definition) is 7. The fourth-order valence-corrected chi connectivity index (χ4v) is 6.14. The molecule has 8 heteroatoms. The highest BCUT2D eigenvalue weighted by molar-refractivity contribution is 7.18. The molecule has 0 aliphatic carbocycles. The molecule has 0 bridgehead atoms. The zero-order valence-corrected chi connectivity index (χ0v) is 21.1. The van der Waals surface area contributed by atoms with E-state index in [0.717, 1.165) is 62.9 Å². The molecule has 2 fully saturated rings. The number of aromatic nitrogens is 2. The molecule has 1 aromatic carbocycles. The van der Waals surface area contributed by atoms with E-state index in [1.54, 1.807) is 17.7 Å². The van der Waals surface area contributed by atoms with Crippen molar-refractivity contribution in [3.8, 4) is 0 Å². The standard InChI is InChI=1S/C26H33N5O2S/c1-18-19(2)34-25-23(18)24(27-17-28-25)31-10-8-20(9-11-31)26(32)29(3)16-21-6-4-5-7-22(21)30-12-14-33-15-13-30/h4-7,17,20H,8-16H2,1-3H3. The van der Waals surface area contributed by atoms with Gasteiger partial charge < -0.3 is 19.4 Å². The molecule has 2 aromatic heterocycles. The average molecular weight is 480 g/mol. The van der Waals surface area contributed by atoms with E-state index in [9.17, 15) is 4.79 Å². The number of fused-ring (bicyclic) bond motifs is 1. The quantitative estimate of drug-likeness (QED) is 0.551. The lowest BCUT2D eigenvalue weighted by Gasteiger charge is -2.35. The van der Waals surface area contributed by atoms with Crippen LogP contribution >= 0.6 is 11.3 Å². The molecule has 180 valence electrons. The maximum absolute atomic E-state index is 13.4. The molecule has 0 N–H and O–H groups in total. The summed E-state index contributed by atoms with van der Waals surface area (Å²) in [5.41, 5.74) is 3.69. The van der Waals surface area contributed by atoms with Gasteiger partial charge in [0, 0.05) is 56.3 Å². The molecule has 0 radical (unpaired) electrons. The van der Waals surface area contributed by atoms with Crippen LogP contribution in [0.1, 0.15) is 28.8 Å². The number of carbonyl (C=O) groups excluding carboxylic acids is 1. The summed E-state index contributed by atoms with van der Waals surface area (Å²) in [6.45, 7) is 9.91. The molecule has 0 unspecified atom stereocenters. The minimum Gasteiger partial charge on any atom is -0.378 e. The van der Waals surface area contributed by atoms with Crippen LogP contribution in [0.4, 0.5) is 11.5 Å². The van der Waals surface area contributed by atoms with Crippen LogP contribution in [0.2, 0.25) is 0 Å². The number of thiophene rings is 1. The number of ether oxygens (including phenoxy) is 1. The zero-order chi connectivity index (χ0) is 23.7. The van der Waals surface area contributed by atoms with Gasteiger partial charge in [-0.2, -0.15) is 0 Å². The van der Waals surface area contributed by atoms with Crippen LogP contribution < -0.4 is 9.80 Å². The largest absolute Gasteiger partial charge is 0.378 e. The van der Waals surface area contributed by atoms with Gasteiger partial charge in [-0.1, -0.05) is 18.2 Å². The van der Waals surface area contributed by atoms with E-state index in [1.807, 2.05) is 11.9 Å². The van der Waals surface area contributed by atoms with Crippen molar-refractivity contribution in [3.63, 3.8) is 0 Å². The number of morpholine rings is 1. The van der Waals surface area contributed by atoms with Gasteiger partial charge in [0.1, 0.15) is 17.0 Å². The second-order valence-corrected chi connectivity index (χ2v) is 10.5. The molecule has 34 heavy (non-hydrogen) atoms. The van der Waals surface area contributed by atoms with Gasteiger partial charge in [-0.3, -0.25) is 4.79 Å². The number of aryl methyl sites for hydroxylation is 2. The zero-order valence-electron chi connectivity index (χ0n) is 20.3. The number of amides is 1. The van der Waals surface area contributed by atoms with E-state index in [0.29, 0.717) is 6.54 Å². The molecule has 2 saturated heterocycles. The van der Waals surface area contributed by atoms with Crippen LogP contribution in [0.3, 0.4) is 0 Å². The Bertz CT molecular complexity index is 1170. The number of carbonyl (C=O) groups is 1. The van der Waals surface area contributed by atoms with E-state index >= 15 is 0 Å². The first-order chi connectivity index (χ1) is 16.5. The van der Waals surface area contributed by atoms with E-state index in [2.05, 4.69) is 57.9 Å². The van der Waals surface area contributed by atoms with Crippen molar-refractivity contribution in [1.82, 2.24) is 14.9 Å². The van der Waals surface area contributed by atoms with Crippen molar-refractivity contribution in [1.29, 1.82) is 0 Å². The summed E-state index contributed by atoms with van der Waals surface area (Å²) in [4.78, 5) is 31.4. The van der Waals surface area contributed by atoms with Crippen LogP contribution in [0.5, 0.6) is 0 Å². The molecule has 1 amide bonds. The third-order valence-electron chi connectivity index (χ3n) is 7.22. The second kappa shape index (κ2) is 9.88. The van der Waals surface area contributed by atoms with Crippen LogP contribution in [0.25, 0.3) is 10.2 Å². The Balaban J connectivity index is 1.24. The van der Waals surface area contributed by atoms with Crippen LogP contribution in [-0.4, -0.2) is 67.2 Å². The smallest absolute Gasteiger partial charge is 0.225 e. The lowest BCUT2D eigenvalue weighted by molar-refractivity contribution is -0.135. The first-order valence-corrected chi connectivity index (χ1v) is 13.0. The van der Waals surface area contributed by atoms with Gasteiger partial charge >= 0.3 is 0 Å². The normalized spacial score (nSPS) is 17.4. The van der Waals surface area contributed by atoms with Gasteiger partial charge in [0.15, 0.2) is 0 Å². The van der Waals surface area contributed by atoms with Gasteiger partial charge in [0.2, 0.25) is 5.91 Å². The Morgan fingerprint density at radius 1 is 1.09 bits per heavy atom. The molecule has 0 atom stereocenters. The SMILES string of the molecule is Cc1sc2ncnc(N3CCC(C(=O)N(C)Cc4ccccc4N4CCOCC4)CC3)c2c1C. The Labute approximate surface area is 205 Å². The molecular weight excluding hydrogens is 446 g/mol. The summed E-state index contributed by atoms with van der Waals surface area (Å²) >= 11 is 1.73. The Kier molecular flexibility index (Phi) is 6.70.